The number of likely N-dealkylation sites (tertiary alicyclic amines) is 1. The second-order valence-corrected chi connectivity index (χ2v) is 13.1. The van der Waals surface area contributed by atoms with E-state index in [0.717, 1.165) is 50.6 Å². The Kier molecular flexibility index (Phi) is 4.64. The number of nitrogens with zero attached hydrogens (tertiary/aromatic N) is 2. The number of pyridine rings is 1. The highest BCUT2D eigenvalue weighted by molar-refractivity contribution is 5.82. The lowest BCUT2D eigenvalue weighted by Gasteiger charge is -2.56. The van der Waals surface area contributed by atoms with Gasteiger partial charge in [0, 0.05) is 54.8 Å². The van der Waals surface area contributed by atoms with Crippen LogP contribution in [0.4, 0.5) is 0 Å². The zero-order chi connectivity index (χ0) is 25.2. The largest absolute Gasteiger partial charge is 0.392 e. The van der Waals surface area contributed by atoms with E-state index in [9.17, 15) is 10.2 Å². The molecule has 194 valence electrons. The second kappa shape index (κ2) is 7.51. The Morgan fingerprint density at radius 1 is 1.11 bits per heavy atom. The van der Waals surface area contributed by atoms with Crippen molar-refractivity contribution in [2.24, 2.45) is 17.1 Å². The third-order valence-corrected chi connectivity index (χ3v) is 11.2. The van der Waals surface area contributed by atoms with Crippen molar-refractivity contribution >= 4 is 10.8 Å². The molecule has 2 bridgehead atoms. The first-order valence-electron chi connectivity index (χ1n) is 14.1. The Hall–Kier alpha value is -2.09. The Labute approximate surface area is 218 Å². The number of hydrogen-bond donors (Lipinski definition) is 3. The molecular weight excluding hydrogens is 462 g/mol. The second-order valence-electron chi connectivity index (χ2n) is 13.1. The van der Waals surface area contributed by atoms with Gasteiger partial charge in [0.2, 0.25) is 0 Å². The van der Waals surface area contributed by atoms with Crippen molar-refractivity contribution in [1.29, 1.82) is 0 Å². The van der Waals surface area contributed by atoms with Crippen molar-refractivity contribution in [3.8, 4) is 0 Å². The van der Waals surface area contributed by atoms with Crippen LogP contribution in [0, 0.1) is 11.3 Å². The van der Waals surface area contributed by atoms with Gasteiger partial charge < -0.3 is 20.7 Å². The van der Waals surface area contributed by atoms with Crippen LogP contribution in [-0.2, 0) is 4.74 Å². The van der Waals surface area contributed by atoms with E-state index < -0.39 is 6.10 Å². The molecule has 2 aromatic rings. The summed E-state index contributed by atoms with van der Waals surface area (Å²) in [4.78, 5) is 6.69. The van der Waals surface area contributed by atoms with E-state index in [-0.39, 0.29) is 46.6 Å². The first kappa shape index (κ1) is 22.9. The van der Waals surface area contributed by atoms with Crippen molar-refractivity contribution in [1.82, 2.24) is 9.88 Å². The number of hydrogen-bond acceptors (Lipinski definition) is 6. The van der Waals surface area contributed by atoms with Crippen LogP contribution in [0.1, 0.15) is 56.9 Å². The van der Waals surface area contributed by atoms with Crippen LogP contribution in [0.5, 0.6) is 0 Å². The molecule has 37 heavy (non-hydrogen) atoms. The number of allylic oxidation sites excluding steroid dienone is 1. The van der Waals surface area contributed by atoms with Gasteiger partial charge in [-0.3, -0.25) is 9.88 Å². The predicted molar refractivity (Wildman–Crippen MR) is 142 cm³/mol. The SMILES string of the molecule is C[C@]12CC=C3C=C4C[C@H](O)[C@@H](N5CC(N)C5)C[C@]45CCC3(O5)[C@@H]1C[C@@H](O)C2c1ccc2ccncc2c1. The van der Waals surface area contributed by atoms with Crippen molar-refractivity contribution < 1.29 is 14.9 Å². The summed E-state index contributed by atoms with van der Waals surface area (Å²) in [6, 6.07) is 9.00. The summed E-state index contributed by atoms with van der Waals surface area (Å²) < 4.78 is 7.36. The van der Waals surface area contributed by atoms with Gasteiger partial charge in [-0.25, -0.2) is 0 Å². The molecule has 1 aromatic heterocycles. The molecule has 2 unspecified atom stereocenters. The first-order chi connectivity index (χ1) is 17.8. The van der Waals surface area contributed by atoms with Gasteiger partial charge in [0.25, 0.3) is 0 Å². The smallest absolute Gasteiger partial charge is 0.0975 e. The zero-order valence-electron chi connectivity index (χ0n) is 21.5. The van der Waals surface area contributed by atoms with E-state index in [4.69, 9.17) is 10.5 Å². The van der Waals surface area contributed by atoms with Gasteiger partial charge in [0.05, 0.1) is 23.4 Å². The Morgan fingerprint density at radius 3 is 2.81 bits per heavy atom. The van der Waals surface area contributed by atoms with E-state index >= 15 is 0 Å². The third kappa shape index (κ3) is 2.97. The quantitative estimate of drug-likeness (QED) is 0.587. The van der Waals surface area contributed by atoms with Crippen LogP contribution in [0.3, 0.4) is 0 Å². The lowest BCUT2D eigenvalue weighted by molar-refractivity contribution is -0.155. The van der Waals surface area contributed by atoms with E-state index in [1.807, 2.05) is 18.5 Å². The number of nitrogens with two attached hydrogens (primary N) is 1. The van der Waals surface area contributed by atoms with Crippen LogP contribution < -0.4 is 5.73 Å². The number of rotatable bonds is 2. The molecule has 8 rings (SSSR count). The molecule has 0 radical (unpaired) electrons. The average molecular weight is 500 g/mol. The topological polar surface area (TPSA) is 91.8 Å². The molecule has 0 amide bonds. The molecule has 3 aliphatic heterocycles. The summed E-state index contributed by atoms with van der Waals surface area (Å²) in [5.41, 5.74) is 9.15. The van der Waals surface area contributed by atoms with Gasteiger partial charge >= 0.3 is 0 Å². The number of aromatic nitrogens is 1. The lowest BCUT2D eigenvalue weighted by Crippen LogP contribution is -2.65. The number of aliphatic hydroxyl groups excluding tert-OH is 2. The van der Waals surface area contributed by atoms with Crippen molar-refractivity contribution in [2.75, 3.05) is 13.1 Å². The van der Waals surface area contributed by atoms with E-state index in [2.05, 4.69) is 47.2 Å². The van der Waals surface area contributed by atoms with Gasteiger partial charge in [0.1, 0.15) is 0 Å². The van der Waals surface area contributed by atoms with E-state index in [0.29, 0.717) is 6.42 Å². The monoisotopic (exact) mass is 499 g/mol. The number of aliphatic hydroxyl groups is 2. The standard InChI is InChI=1S/C31H37N3O3/c1-29-6-4-21-11-22-12-25(35)24(34-16-23(32)17-34)14-30(22)7-8-31(21,37-30)27(29)13-26(36)28(29)19-3-2-18-5-9-33-15-20(18)10-19/h2-5,9-11,15,23-28,35-36H,6-8,12-14,16-17,32H2,1H3/t24-,25-,26+,27+,28?,29-,30+,31?/m0/s1. The Morgan fingerprint density at radius 2 is 1.97 bits per heavy atom. The fourth-order valence-electron chi connectivity index (χ4n) is 9.46. The summed E-state index contributed by atoms with van der Waals surface area (Å²) in [6.45, 7) is 4.11. The summed E-state index contributed by atoms with van der Waals surface area (Å²) in [6.07, 6.45) is 13.0. The molecule has 4 N–H and O–H groups in total. The maximum atomic E-state index is 11.6. The predicted octanol–water partition coefficient (Wildman–Crippen LogP) is 3.43. The number of ether oxygens (including phenoxy) is 1. The van der Waals surface area contributed by atoms with Crippen LogP contribution in [-0.4, -0.2) is 68.7 Å². The molecule has 6 heteroatoms. The highest BCUT2D eigenvalue weighted by Crippen LogP contribution is 2.69. The van der Waals surface area contributed by atoms with Crippen molar-refractivity contribution in [2.45, 2.75) is 86.9 Å². The molecule has 1 aromatic carbocycles. The highest BCUT2D eigenvalue weighted by Gasteiger charge is 2.68. The minimum absolute atomic E-state index is 0.0586. The van der Waals surface area contributed by atoms with E-state index in [1.165, 1.54) is 22.1 Å². The lowest BCUT2D eigenvalue weighted by atomic mass is 9.58. The van der Waals surface area contributed by atoms with Crippen LogP contribution in [0.25, 0.3) is 10.8 Å². The number of fused-ring (bicyclic) bond motifs is 2. The fourth-order valence-corrected chi connectivity index (χ4v) is 9.46. The van der Waals surface area contributed by atoms with Gasteiger partial charge in [-0.1, -0.05) is 31.2 Å². The van der Waals surface area contributed by atoms with Gasteiger partial charge in [-0.05, 0) is 78.2 Å². The van der Waals surface area contributed by atoms with E-state index in [1.54, 1.807) is 0 Å². The highest BCUT2D eigenvalue weighted by atomic mass is 16.5. The molecule has 6 aliphatic rings. The van der Waals surface area contributed by atoms with Crippen LogP contribution in [0.2, 0.25) is 0 Å². The van der Waals surface area contributed by atoms with Gasteiger partial charge in [-0.2, -0.15) is 0 Å². The molecule has 4 heterocycles. The van der Waals surface area contributed by atoms with Gasteiger partial charge in [0.15, 0.2) is 0 Å². The maximum Gasteiger partial charge on any atom is 0.0975 e. The Bertz CT molecular complexity index is 1350. The molecule has 2 saturated carbocycles. The molecule has 6 nitrogen and oxygen atoms in total. The zero-order valence-corrected chi connectivity index (χ0v) is 21.5. The molecule has 3 aliphatic carbocycles. The van der Waals surface area contributed by atoms with Crippen molar-refractivity contribution in [3.05, 3.63) is 65.5 Å². The van der Waals surface area contributed by atoms with Crippen LogP contribution in [0.15, 0.2) is 60.0 Å². The summed E-state index contributed by atoms with van der Waals surface area (Å²) in [5, 5.41) is 25.0. The molecule has 2 saturated heterocycles. The first-order valence-corrected chi connectivity index (χ1v) is 14.1. The Balaban J connectivity index is 1.17. The third-order valence-electron chi connectivity index (χ3n) is 11.2. The van der Waals surface area contributed by atoms with Gasteiger partial charge in [-0.15, -0.1) is 0 Å². The maximum absolute atomic E-state index is 11.6. The summed E-state index contributed by atoms with van der Waals surface area (Å²) in [5.74, 6) is 0.313. The molecule has 2 spiro atoms. The summed E-state index contributed by atoms with van der Waals surface area (Å²) >= 11 is 0. The molecule has 4 fully saturated rings. The summed E-state index contributed by atoms with van der Waals surface area (Å²) in [7, 11) is 0. The average Bonchev–Trinajstić information content (AvgIpc) is 3.33. The molecule has 8 atom stereocenters. The normalized spacial score (nSPS) is 45.0. The number of benzene rings is 1. The van der Waals surface area contributed by atoms with Crippen LogP contribution >= 0.6 is 0 Å². The minimum atomic E-state index is -0.403. The minimum Gasteiger partial charge on any atom is -0.392 e. The van der Waals surface area contributed by atoms with Crippen molar-refractivity contribution in [3.63, 3.8) is 0 Å². The molecular formula is C31H37N3O3. The fraction of sp³-hybridized carbons (Fsp3) is 0.581.